The molecule has 14 heavy (non-hydrogen) atoms. The molecule has 1 aromatic heterocycles. The first-order valence-corrected chi connectivity index (χ1v) is 4.45. The fraction of sp³-hybridized carbons (Fsp3) is 0.444. The Morgan fingerprint density at radius 3 is 3.07 bits per heavy atom. The van der Waals surface area contributed by atoms with E-state index in [2.05, 4.69) is 10.2 Å². The molecule has 0 atom stereocenters. The second kappa shape index (κ2) is 3.61. The summed E-state index contributed by atoms with van der Waals surface area (Å²) in [5.41, 5.74) is 0.0700. The Labute approximate surface area is 80.7 Å². The van der Waals surface area contributed by atoms with Crippen LogP contribution in [0, 0.1) is 5.92 Å². The lowest BCUT2D eigenvalue weighted by Gasteiger charge is -2.04. The molecule has 2 rings (SSSR count). The van der Waals surface area contributed by atoms with Crippen molar-refractivity contribution in [1.29, 1.82) is 0 Å². The van der Waals surface area contributed by atoms with Crippen molar-refractivity contribution >= 4 is 5.97 Å². The first-order chi connectivity index (χ1) is 6.77. The van der Waals surface area contributed by atoms with Gasteiger partial charge >= 0.3 is 5.97 Å². The number of aromatic carboxylic acids is 1. The van der Waals surface area contributed by atoms with Crippen LogP contribution in [-0.4, -0.2) is 27.9 Å². The fourth-order valence-electron chi connectivity index (χ4n) is 1.07. The van der Waals surface area contributed by atoms with Crippen molar-refractivity contribution in [3.63, 3.8) is 0 Å². The molecule has 1 aliphatic carbocycles. The van der Waals surface area contributed by atoms with Crippen molar-refractivity contribution in [3.05, 3.63) is 17.8 Å². The molecule has 1 N–H and O–H groups in total. The smallest absolute Gasteiger partial charge is 0.341 e. The zero-order valence-electron chi connectivity index (χ0n) is 7.51. The van der Waals surface area contributed by atoms with E-state index >= 15 is 0 Å². The molecule has 0 unspecified atom stereocenters. The number of aromatic nitrogens is 2. The average Bonchev–Trinajstić information content (AvgIpc) is 2.98. The molecule has 0 spiro atoms. The maximum Gasteiger partial charge on any atom is 0.341 e. The Morgan fingerprint density at radius 1 is 1.64 bits per heavy atom. The van der Waals surface area contributed by atoms with Crippen LogP contribution in [0.5, 0.6) is 5.88 Å². The van der Waals surface area contributed by atoms with Crippen LogP contribution in [0.3, 0.4) is 0 Å². The van der Waals surface area contributed by atoms with Crippen molar-refractivity contribution in [2.45, 2.75) is 12.8 Å². The Bertz CT molecular complexity index is 350. The summed E-state index contributed by atoms with van der Waals surface area (Å²) in [5.74, 6) is -0.351. The summed E-state index contributed by atoms with van der Waals surface area (Å²) >= 11 is 0. The summed E-state index contributed by atoms with van der Waals surface area (Å²) in [5, 5.41) is 16.0. The molecule has 1 saturated carbocycles. The molecule has 0 aromatic carbocycles. The second-order valence-corrected chi connectivity index (χ2v) is 3.31. The number of carbonyl (C=O) groups is 1. The fourth-order valence-corrected chi connectivity index (χ4v) is 1.07. The average molecular weight is 194 g/mol. The van der Waals surface area contributed by atoms with E-state index in [1.165, 1.54) is 12.3 Å². The van der Waals surface area contributed by atoms with Crippen molar-refractivity contribution in [1.82, 2.24) is 10.2 Å². The highest BCUT2D eigenvalue weighted by atomic mass is 16.5. The maximum atomic E-state index is 10.7. The molecule has 5 heteroatoms. The van der Waals surface area contributed by atoms with Gasteiger partial charge in [-0.05, 0) is 24.8 Å². The standard InChI is InChI=1S/C9H10N2O3/c12-9(13)7-3-4-10-11-8(7)14-5-6-1-2-6/h3-4,6H,1-2,5H2,(H,12,13). The van der Waals surface area contributed by atoms with Gasteiger partial charge in [-0.2, -0.15) is 5.10 Å². The molecular formula is C9H10N2O3. The van der Waals surface area contributed by atoms with E-state index in [-0.39, 0.29) is 11.4 Å². The number of carboxylic acid groups (broad SMARTS) is 1. The van der Waals surface area contributed by atoms with Crippen LogP contribution in [0.15, 0.2) is 12.3 Å². The van der Waals surface area contributed by atoms with Gasteiger partial charge in [0.15, 0.2) is 0 Å². The van der Waals surface area contributed by atoms with Gasteiger partial charge in [-0.15, -0.1) is 5.10 Å². The van der Waals surface area contributed by atoms with Gasteiger partial charge in [-0.25, -0.2) is 4.79 Å². The van der Waals surface area contributed by atoms with Crippen molar-refractivity contribution in [2.24, 2.45) is 5.92 Å². The van der Waals surface area contributed by atoms with Crippen LogP contribution in [-0.2, 0) is 0 Å². The number of ether oxygens (including phenoxy) is 1. The Balaban J connectivity index is 2.09. The van der Waals surface area contributed by atoms with E-state index in [0.29, 0.717) is 12.5 Å². The molecule has 74 valence electrons. The summed E-state index contributed by atoms with van der Waals surface area (Å²) in [4.78, 5) is 10.7. The summed E-state index contributed by atoms with van der Waals surface area (Å²) in [7, 11) is 0. The van der Waals surface area contributed by atoms with Gasteiger partial charge in [-0.1, -0.05) is 0 Å². The van der Waals surface area contributed by atoms with Gasteiger partial charge < -0.3 is 9.84 Å². The molecule has 0 saturated heterocycles. The maximum absolute atomic E-state index is 10.7. The second-order valence-electron chi connectivity index (χ2n) is 3.31. The third kappa shape index (κ3) is 1.99. The summed E-state index contributed by atoms with van der Waals surface area (Å²) in [6.45, 7) is 0.541. The van der Waals surface area contributed by atoms with Gasteiger partial charge in [-0.3, -0.25) is 0 Å². The third-order valence-electron chi connectivity index (χ3n) is 2.07. The van der Waals surface area contributed by atoms with E-state index in [9.17, 15) is 4.79 Å². The minimum atomic E-state index is -1.04. The van der Waals surface area contributed by atoms with Gasteiger partial charge in [0.1, 0.15) is 5.56 Å². The van der Waals surface area contributed by atoms with Crippen molar-refractivity contribution in [3.8, 4) is 5.88 Å². The lowest BCUT2D eigenvalue weighted by molar-refractivity contribution is 0.0690. The summed E-state index contributed by atoms with van der Waals surface area (Å²) < 4.78 is 5.27. The molecule has 0 bridgehead atoms. The molecule has 1 fully saturated rings. The summed E-state index contributed by atoms with van der Waals surface area (Å²) in [6, 6.07) is 1.39. The number of rotatable bonds is 4. The highest BCUT2D eigenvalue weighted by Gasteiger charge is 2.23. The van der Waals surface area contributed by atoms with E-state index in [4.69, 9.17) is 9.84 Å². The van der Waals surface area contributed by atoms with Crippen LogP contribution in [0.4, 0.5) is 0 Å². The van der Waals surface area contributed by atoms with Crippen LogP contribution < -0.4 is 4.74 Å². The quantitative estimate of drug-likeness (QED) is 0.772. The van der Waals surface area contributed by atoms with E-state index in [0.717, 1.165) is 12.8 Å². The van der Waals surface area contributed by atoms with Crippen LogP contribution in [0.2, 0.25) is 0 Å². The van der Waals surface area contributed by atoms with Gasteiger partial charge in [0.25, 0.3) is 0 Å². The lowest BCUT2D eigenvalue weighted by atomic mass is 10.3. The zero-order valence-corrected chi connectivity index (χ0v) is 7.51. The Hall–Kier alpha value is -1.65. The number of carboxylic acids is 1. The van der Waals surface area contributed by atoms with Crippen LogP contribution in [0.1, 0.15) is 23.2 Å². The molecule has 1 aliphatic rings. The molecular weight excluding hydrogens is 184 g/mol. The van der Waals surface area contributed by atoms with E-state index in [1.54, 1.807) is 0 Å². The zero-order chi connectivity index (χ0) is 9.97. The number of nitrogens with zero attached hydrogens (tertiary/aromatic N) is 2. The lowest BCUT2D eigenvalue weighted by Crippen LogP contribution is -2.07. The molecule has 0 aliphatic heterocycles. The normalized spacial score (nSPS) is 15.1. The minimum Gasteiger partial charge on any atom is -0.477 e. The number of hydrogen-bond donors (Lipinski definition) is 1. The van der Waals surface area contributed by atoms with Crippen molar-refractivity contribution < 1.29 is 14.6 Å². The van der Waals surface area contributed by atoms with Gasteiger partial charge in [0.2, 0.25) is 5.88 Å². The SMILES string of the molecule is O=C(O)c1ccnnc1OCC1CC1. The molecule has 0 amide bonds. The largest absolute Gasteiger partial charge is 0.477 e. The van der Waals surface area contributed by atoms with Gasteiger partial charge in [0.05, 0.1) is 12.8 Å². The molecule has 1 aromatic rings. The highest BCUT2D eigenvalue weighted by molar-refractivity contribution is 5.89. The van der Waals surface area contributed by atoms with Crippen LogP contribution >= 0.6 is 0 Å². The first-order valence-electron chi connectivity index (χ1n) is 4.45. The monoisotopic (exact) mass is 194 g/mol. The predicted octanol–water partition coefficient (Wildman–Crippen LogP) is 0.964. The minimum absolute atomic E-state index is 0.0700. The summed E-state index contributed by atoms with van der Waals surface area (Å²) in [6.07, 6.45) is 3.65. The topological polar surface area (TPSA) is 72.3 Å². The number of hydrogen-bond acceptors (Lipinski definition) is 4. The Kier molecular flexibility index (Phi) is 2.30. The third-order valence-corrected chi connectivity index (χ3v) is 2.07. The van der Waals surface area contributed by atoms with Crippen LogP contribution in [0.25, 0.3) is 0 Å². The molecule has 1 heterocycles. The predicted molar refractivity (Wildman–Crippen MR) is 47.2 cm³/mol. The van der Waals surface area contributed by atoms with E-state index < -0.39 is 5.97 Å². The van der Waals surface area contributed by atoms with E-state index in [1.807, 2.05) is 0 Å². The van der Waals surface area contributed by atoms with Crippen molar-refractivity contribution in [2.75, 3.05) is 6.61 Å². The molecule has 5 nitrogen and oxygen atoms in total. The van der Waals surface area contributed by atoms with Gasteiger partial charge in [0, 0.05) is 0 Å². The Morgan fingerprint density at radius 2 is 2.43 bits per heavy atom. The highest BCUT2D eigenvalue weighted by Crippen LogP contribution is 2.29. The first kappa shape index (κ1) is 8.93. The molecule has 0 radical (unpaired) electrons.